The van der Waals surface area contributed by atoms with Gasteiger partial charge in [0.05, 0.1) is 5.95 Å². The minimum atomic E-state index is -0.335. The summed E-state index contributed by atoms with van der Waals surface area (Å²) in [6.07, 6.45) is 9.59. The first-order valence-electron chi connectivity index (χ1n) is 5.48. The predicted octanol–water partition coefficient (Wildman–Crippen LogP) is 3.18. The average Bonchev–Trinajstić information content (AvgIpc) is 2.89. The van der Waals surface area contributed by atoms with Gasteiger partial charge in [-0.05, 0) is 36.5 Å². The van der Waals surface area contributed by atoms with Gasteiger partial charge in [-0.25, -0.2) is 0 Å². The van der Waals surface area contributed by atoms with E-state index in [1.54, 1.807) is 0 Å². The third-order valence-electron chi connectivity index (χ3n) is 2.56. The van der Waals surface area contributed by atoms with E-state index in [-0.39, 0.29) is 5.95 Å². The summed E-state index contributed by atoms with van der Waals surface area (Å²) in [7, 11) is 1.39. The maximum Gasteiger partial charge on any atom is 0.0590 e. The van der Waals surface area contributed by atoms with Gasteiger partial charge in [0, 0.05) is 10.0 Å². The van der Waals surface area contributed by atoms with Gasteiger partial charge in [-0.1, -0.05) is 52.4 Å². The van der Waals surface area contributed by atoms with Crippen LogP contribution in [0.1, 0.15) is 5.56 Å². The normalized spacial score (nSPS) is 14.7. The lowest BCUT2D eigenvalue weighted by Gasteiger charge is -2.15. The maximum absolute atomic E-state index is 11.8. The van der Waals surface area contributed by atoms with Gasteiger partial charge in [0.1, 0.15) is 0 Å². The molecular weight excluding hydrogens is 292 g/mol. The zero-order valence-corrected chi connectivity index (χ0v) is 11.5. The Kier molecular flexibility index (Phi) is 4.05. The van der Waals surface area contributed by atoms with E-state index in [4.69, 9.17) is 4.74 Å². The minimum absolute atomic E-state index is 0.335. The molecule has 0 saturated heterocycles. The Balaban J connectivity index is 2.44. The fourth-order valence-electron chi connectivity index (χ4n) is 1.65. The van der Waals surface area contributed by atoms with E-state index in [0.29, 0.717) is 5.57 Å². The van der Waals surface area contributed by atoms with E-state index in [1.165, 1.54) is 7.11 Å². The van der Waals surface area contributed by atoms with Crippen LogP contribution in [0.2, 0.25) is 0 Å². The third-order valence-corrected chi connectivity index (χ3v) is 3.09. The molecule has 1 aromatic rings. The van der Waals surface area contributed by atoms with Crippen LogP contribution in [-0.2, 0) is 4.74 Å². The molecule has 0 unspecified atom stereocenters. The standard InChI is InChI=1S/C15H13BrO2/c1-18-15(17)14(10-11-4-2-3-5-11)12-6-8-13(16)9-7-12/h2-10,17H,1H3/p-1/b15-14-. The number of allylic oxidation sites excluding steroid dienone is 7. The third kappa shape index (κ3) is 2.93. The Labute approximate surface area is 115 Å². The first-order valence-corrected chi connectivity index (χ1v) is 6.27. The highest BCUT2D eigenvalue weighted by molar-refractivity contribution is 9.10. The van der Waals surface area contributed by atoms with E-state index < -0.39 is 0 Å². The van der Waals surface area contributed by atoms with Gasteiger partial charge < -0.3 is 9.84 Å². The summed E-state index contributed by atoms with van der Waals surface area (Å²) in [6, 6.07) is 7.57. The van der Waals surface area contributed by atoms with Crippen molar-refractivity contribution in [3.63, 3.8) is 0 Å². The van der Waals surface area contributed by atoms with Gasteiger partial charge in [0.15, 0.2) is 0 Å². The van der Waals surface area contributed by atoms with Gasteiger partial charge in [-0.15, -0.1) is 0 Å². The van der Waals surface area contributed by atoms with Crippen LogP contribution < -0.4 is 5.11 Å². The number of halogens is 1. The topological polar surface area (TPSA) is 32.3 Å². The van der Waals surface area contributed by atoms with E-state index in [1.807, 2.05) is 54.6 Å². The quantitative estimate of drug-likeness (QED) is 0.803. The predicted molar refractivity (Wildman–Crippen MR) is 74.4 cm³/mol. The summed E-state index contributed by atoms with van der Waals surface area (Å²) in [5, 5.41) is 11.8. The van der Waals surface area contributed by atoms with Gasteiger partial charge in [0.25, 0.3) is 0 Å². The number of ether oxygens (including phenoxy) is 1. The molecule has 0 aromatic heterocycles. The number of methoxy groups -OCH3 is 1. The van der Waals surface area contributed by atoms with E-state index >= 15 is 0 Å². The van der Waals surface area contributed by atoms with Crippen molar-refractivity contribution in [1.82, 2.24) is 0 Å². The van der Waals surface area contributed by atoms with E-state index in [0.717, 1.165) is 15.6 Å². The zero-order chi connectivity index (χ0) is 13.0. The van der Waals surface area contributed by atoms with Crippen LogP contribution in [0.5, 0.6) is 0 Å². The Hall–Kier alpha value is -1.74. The van der Waals surface area contributed by atoms with Crippen molar-refractivity contribution in [2.45, 2.75) is 0 Å². The molecule has 0 bridgehead atoms. The average molecular weight is 304 g/mol. The van der Waals surface area contributed by atoms with Crippen LogP contribution in [0.3, 0.4) is 0 Å². The molecule has 0 saturated carbocycles. The molecule has 1 aromatic carbocycles. The van der Waals surface area contributed by atoms with Crippen molar-refractivity contribution < 1.29 is 9.84 Å². The number of hydrogen-bond acceptors (Lipinski definition) is 2. The van der Waals surface area contributed by atoms with Crippen molar-refractivity contribution >= 4 is 21.5 Å². The second kappa shape index (κ2) is 5.74. The van der Waals surface area contributed by atoms with Crippen molar-refractivity contribution in [3.8, 4) is 0 Å². The Morgan fingerprint density at radius 1 is 1.17 bits per heavy atom. The van der Waals surface area contributed by atoms with Crippen LogP contribution in [0.15, 0.2) is 70.6 Å². The lowest BCUT2D eigenvalue weighted by Crippen LogP contribution is -2.08. The highest BCUT2D eigenvalue weighted by Crippen LogP contribution is 2.23. The zero-order valence-electron chi connectivity index (χ0n) is 9.89. The molecule has 0 atom stereocenters. The van der Waals surface area contributed by atoms with Crippen molar-refractivity contribution in [2.24, 2.45) is 0 Å². The van der Waals surface area contributed by atoms with Crippen LogP contribution >= 0.6 is 15.9 Å². The van der Waals surface area contributed by atoms with Crippen LogP contribution in [0.25, 0.3) is 5.57 Å². The van der Waals surface area contributed by atoms with Crippen LogP contribution in [-0.4, -0.2) is 7.11 Å². The maximum atomic E-state index is 11.8. The molecular formula is C15H12BrO2-. The van der Waals surface area contributed by atoms with Gasteiger partial charge in [-0.2, -0.15) is 0 Å². The second-order valence-electron chi connectivity index (χ2n) is 3.77. The smallest absolute Gasteiger partial charge is 0.0590 e. The Bertz CT molecular complexity index is 534. The molecule has 2 rings (SSSR count). The SMILES string of the molecule is CO/C([O-])=C(/C=C1C=CC=C1)c1ccc(Br)cc1. The van der Waals surface area contributed by atoms with Gasteiger partial charge in [0.2, 0.25) is 0 Å². The molecule has 1 aliphatic rings. The largest absolute Gasteiger partial charge is 0.616 e. The lowest BCUT2D eigenvalue weighted by atomic mass is 10.0. The molecule has 0 amide bonds. The highest BCUT2D eigenvalue weighted by atomic mass is 79.9. The first kappa shape index (κ1) is 12.7. The minimum Gasteiger partial charge on any atom is -0.616 e. The van der Waals surface area contributed by atoms with E-state index in [9.17, 15) is 5.11 Å². The number of benzene rings is 1. The summed E-state index contributed by atoms with van der Waals surface area (Å²) in [6.45, 7) is 0. The second-order valence-corrected chi connectivity index (χ2v) is 4.69. The first-order chi connectivity index (χ1) is 8.70. The van der Waals surface area contributed by atoms with Crippen molar-refractivity contribution in [2.75, 3.05) is 7.11 Å². The lowest BCUT2D eigenvalue weighted by molar-refractivity contribution is -0.351. The van der Waals surface area contributed by atoms with Gasteiger partial charge in [-0.3, -0.25) is 0 Å². The van der Waals surface area contributed by atoms with Gasteiger partial charge >= 0.3 is 0 Å². The number of rotatable bonds is 3. The Morgan fingerprint density at radius 2 is 1.78 bits per heavy atom. The monoisotopic (exact) mass is 303 g/mol. The Morgan fingerprint density at radius 3 is 2.33 bits per heavy atom. The molecule has 92 valence electrons. The molecule has 18 heavy (non-hydrogen) atoms. The van der Waals surface area contributed by atoms with Crippen LogP contribution in [0, 0.1) is 0 Å². The molecule has 0 spiro atoms. The molecule has 2 nitrogen and oxygen atoms in total. The number of hydrogen-bond donors (Lipinski definition) is 0. The molecule has 0 fully saturated rings. The molecule has 0 radical (unpaired) electrons. The van der Waals surface area contributed by atoms with Crippen molar-refractivity contribution in [3.05, 3.63) is 76.2 Å². The molecule has 1 aliphatic carbocycles. The summed E-state index contributed by atoms with van der Waals surface area (Å²) in [4.78, 5) is 0. The molecule has 3 heteroatoms. The molecule has 0 N–H and O–H groups in total. The highest BCUT2D eigenvalue weighted by Gasteiger charge is 2.03. The fraction of sp³-hybridized carbons (Fsp3) is 0.0667. The summed E-state index contributed by atoms with van der Waals surface area (Å²) in [5.41, 5.74) is 2.38. The summed E-state index contributed by atoms with van der Waals surface area (Å²) < 4.78 is 5.80. The fourth-order valence-corrected chi connectivity index (χ4v) is 1.92. The summed E-state index contributed by atoms with van der Waals surface area (Å²) >= 11 is 3.37. The molecule has 0 heterocycles. The van der Waals surface area contributed by atoms with Crippen LogP contribution in [0.4, 0.5) is 0 Å². The van der Waals surface area contributed by atoms with Crippen molar-refractivity contribution in [1.29, 1.82) is 0 Å². The van der Waals surface area contributed by atoms with E-state index in [2.05, 4.69) is 15.9 Å². The summed E-state index contributed by atoms with van der Waals surface area (Å²) in [5.74, 6) is -0.335. The molecule has 0 aliphatic heterocycles.